The Morgan fingerprint density at radius 2 is 1.19 bits per heavy atom. The van der Waals surface area contributed by atoms with Gasteiger partial charge in [-0.15, -0.1) is 0 Å². The Bertz CT molecular complexity index is 509. The van der Waals surface area contributed by atoms with E-state index in [2.05, 4.69) is 37.5 Å². The molecule has 32 heavy (non-hydrogen) atoms. The van der Waals surface area contributed by atoms with Crippen molar-refractivity contribution in [3.05, 3.63) is 0 Å². The fraction of sp³-hybridized carbons (Fsp3) is 0.864. The zero-order valence-corrected chi connectivity index (χ0v) is 25.1. The third kappa shape index (κ3) is 17.1. The molecule has 0 aromatic heterocycles. The summed E-state index contributed by atoms with van der Waals surface area (Å²) in [5.41, 5.74) is 0. The Morgan fingerprint density at radius 3 is 1.56 bits per heavy atom. The molecule has 0 aromatic rings. The quantitative estimate of drug-likeness (QED) is 0.125. The van der Waals surface area contributed by atoms with Crippen LogP contribution in [0.4, 0.5) is 0 Å². The average Bonchev–Trinajstić information content (AvgIpc) is 2.76. The molecule has 188 valence electrons. The molecule has 0 radical (unpaired) electrons. The van der Waals surface area contributed by atoms with Crippen molar-refractivity contribution in [3.8, 4) is 0 Å². The molecular formula is C22H42N2O2S6. The standard InChI is InChI=1S/C22H42N2O2S6/c1-5-9-13-23(14-10-6-2)21(27)31-29-18-19(17-20(25)26)30-32-22(28)24(15-11-7-3)16-12-8-4/h19H,5-18H2,1-4H3,(H,25,26). The highest BCUT2D eigenvalue weighted by Crippen LogP contribution is 2.37. The molecule has 0 bridgehead atoms. The van der Waals surface area contributed by atoms with Crippen LogP contribution in [-0.4, -0.2) is 66.7 Å². The van der Waals surface area contributed by atoms with Crippen molar-refractivity contribution >= 4 is 82.2 Å². The Morgan fingerprint density at radius 1 is 0.781 bits per heavy atom. The molecule has 1 N–H and O–H groups in total. The van der Waals surface area contributed by atoms with Crippen LogP contribution in [-0.2, 0) is 4.79 Å². The summed E-state index contributed by atoms with van der Waals surface area (Å²) in [6.45, 7) is 12.8. The maximum Gasteiger partial charge on any atom is 0.304 e. The van der Waals surface area contributed by atoms with Crippen molar-refractivity contribution in [2.45, 2.75) is 90.7 Å². The first-order chi connectivity index (χ1) is 15.4. The lowest BCUT2D eigenvalue weighted by Crippen LogP contribution is -2.29. The molecule has 4 nitrogen and oxygen atoms in total. The summed E-state index contributed by atoms with van der Waals surface area (Å²) >= 11 is 11.4. The number of carboxylic acid groups (broad SMARTS) is 1. The largest absolute Gasteiger partial charge is 0.481 e. The number of thiocarbonyl (C=S) groups is 2. The lowest BCUT2D eigenvalue weighted by Gasteiger charge is -2.25. The molecule has 0 rings (SSSR count). The number of carbonyl (C=O) groups is 1. The summed E-state index contributed by atoms with van der Waals surface area (Å²) in [7, 11) is 6.46. The van der Waals surface area contributed by atoms with E-state index in [1.165, 1.54) is 0 Å². The number of unbranched alkanes of at least 4 members (excludes halogenated alkanes) is 4. The maximum atomic E-state index is 11.4. The van der Waals surface area contributed by atoms with Crippen molar-refractivity contribution in [1.82, 2.24) is 9.80 Å². The minimum absolute atomic E-state index is 0.00492. The van der Waals surface area contributed by atoms with E-state index < -0.39 is 5.97 Å². The summed E-state index contributed by atoms with van der Waals surface area (Å²) in [5, 5.41) is 9.36. The summed E-state index contributed by atoms with van der Waals surface area (Å²) in [5.74, 6) is -0.0278. The number of hydrogen-bond donors (Lipinski definition) is 1. The first kappa shape index (κ1) is 32.7. The molecule has 1 unspecified atom stereocenters. The normalized spacial score (nSPS) is 11.9. The smallest absolute Gasteiger partial charge is 0.304 e. The molecule has 0 aliphatic rings. The Kier molecular flexibility index (Phi) is 22.6. The molecule has 0 saturated carbocycles. The predicted molar refractivity (Wildman–Crippen MR) is 159 cm³/mol. The molecule has 0 heterocycles. The van der Waals surface area contributed by atoms with Gasteiger partial charge in [0.2, 0.25) is 0 Å². The third-order valence-electron chi connectivity index (χ3n) is 4.68. The van der Waals surface area contributed by atoms with Gasteiger partial charge in [0.25, 0.3) is 0 Å². The first-order valence-electron chi connectivity index (χ1n) is 11.8. The van der Waals surface area contributed by atoms with E-state index in [0.29, 0.717) is 0 Å². The summed E-state index contributed by atoms with van der Waals surface area (Å²) in [6, 6.07) is 0. The second kappa shape index (κ2) is 22.1. The first-order valence-corrected chi connectivity index (χ1v) is 17.2. The monoisotopic (exact) mass is 558 g/mol. The minimum Gasteiger partial charge on any atom is -0.481 e. The van der Waals surface area contributed by atoms with E-state index >= 15 is 0 Å². The summed E-state index contributed by atoms with van der Waals surface area (Å²) in [6.07, 6.45) is 9.29. The van der Waals surface area contributed by atoms with Crippen LogP contribution in [0.2, 0.25) is 0 Å². The van der Waals surface area contributed by atoms with Crippen LogP contribution in [0.15, 0.2) is 0 Å². The van der Waals surface area contributed by atoms with Crippen LogP contribution in [0.5, 0.6) is 0 Å². The van der Waals surface area contributed by atoms with Gasteiger partial charge >= 0.3 is 5.97 Å². The van der Waals surface area contributed by atoms with Gasteiger partial charge in [0.1, 0.15) is 8.64 Å². The fourth-order valence-electron chi connectivity index (χ4n) is 2.68. The average molecular weight is 559 g/mol. The lowest BCUT2D eigenvalue weighted by atomic mass is 10.3. The van der Waals surface area contributed by atoms with Crippen molar-refractivity contribution < 1.29 is 9.90 Å². The van der Waals surface area contributed by atoms with Gasteiger partial charge in [-0.2, -0.15) is 0 Å². The van der Waals surface area contributed by atoms with Gasteiger partial charge in [-0.05, 0) is 47.3 Å². The van der Waals surface area contributed by atoms with Crippen LogP contribution in [0.3, 0.4) is 0 Å². The molecule has 1 atom stereocenters. The highest BCUT2D eigenvalue weighted by atomic mass is 33.1. The third-order valence-corrected chi connectivity index (χ3v) is 11.5. The van der Waals surface area contributed by atoms with Crippen LogP contribution in [0.1, 0.15) is 85.5 Å². The predicted octanol–water partition coefficient (Wildman–Crippen LogP) is 7.97. The van der Waals surface area contributed by atoms with Crippen LogP contribution in [0.25, 0.3) is 0 Å². The molecule has 0 saturated heterocycles. The molecule has 0 spiro atoms. The number of carboxylic acids is 1. The van der Waals surface area contributed by atoms with E-state index in [4.69, 9.17) is 24.4 Å². The highest BCUT2D eigenvalue weighted by Gasteiger charge is 2.19. The fourth-order valence-corrected chi connectivity index (χ4v) is 8.95. The topological polar surface area (TPSA) is 43.8 Å². The van der Waals surface area contributed by atoms with Crippen molar-refractivity contribution in [3.63, 3.8) is 0 Å². The van der Waals surface area contributed by atoms with Gasteiger partial charge in [0.05, 0.1) is 6.42 Å². The van der Waals surface area contributed by atoms with Gasteiger partial charge in [0, 0.05) is 37.2 Å². The van der Waals surface area contributed by atoms with E-state index in [1.807, 2.05) is 0 Å². The van der Waals surface area contributed by atoms with E-state index in [1.54, 1.807) is 43.2 Å². The number of rotatable bonds is 19. The molecule has 0 amide bonds. The van der Waals surface area contributed by atoms with E-state index in [9.17, 15) is 9.90 Å². The maximum absolute atomic E-state index is 11.4. The van der Waals surface area contributed by atoms with Crippen LogP contribution < -0.4 is 0 Å². The second-order valence-corrected chi connectivity index (χ2v) is 13.8. The van der Waals surface area contributed by atoms with Crippen molar-refractivity contribution in [2.75, 3.05) is 31.9 Å². The van der Waals surface area contributed by atoms with Crippen molar-refractivity contribution in [2.24, 2.45) is 0 Å². The van der Waals surface area contributed by atoms with Crippen molar-refractivity contribution in [1.29, 1.82) is 0 Å². The molecular weight excluding hydrogens is 517 g/mol. The Hall–Kier alpha value is 0.650. The van der Waals surface area contributed by atoms with E-state index in [0.717, 1.165) is 91.9 Å². The summed E-state index contributed by atoms with van der Waals surface area (Å²) in [4.78, 5) is 16.0. The van der Waals surface area contributed by atoms with E-state index in [-0.39, 0.29) is 11.7 Å². The molecule has 0 fully saturated rings. The van der Waals surface area contributed by atoms with Gasteiger partial charge in [-0.1, -0.05) is 99.4 Å². The minimum atomic E-state index is -0.761. The number of hydrogen-bond acceptors (Lipinski definition) is 7. The van der Waals surface area contributed by atoms with Crippen LogP contribution >= 0.6 is 67.6 Å². The lowest BCUT2D eigenvalue weighted by molar-refractivity contribution is -0.136. The number of nitrogens with zero attached hydrogens (tertiary/aromatic N) is 2. The zero-order chi connectivity index (χ0) is 24.2. The Balaban J connectivity index is 4.68. The molecule has 10 heteroatoms. The summed E-state index contributed by atoms with van der Waals surface area (Å²) < 4.78 is 1.80. The zero-order valence-electron chi connectivity index (χ0n) is 20.2. The van der Waals surface area contributed by atoms with Gasteiger partial charge < -0.3 is 14.9 Å². The highest BCUT2D eigenvalue weighted by molar-refractivity contribution is 8.85. The van der Waals surface area contributed by atoms with Crippen LogP contribution in [0, 0.1) is 0 Å². The Labute approximate surface area is 223 Å². The second-order valence-electron chi connectivity index (χ2n) is 7.69. The molecule has 0 aliphatic carbocycles. The van der Waals surface area contributed by atoms with Gasteiger partial charge in [-0.25, -0.2) is 0 Å². The number of aliphatic carboxylic acids is 1. The molecule has 0 aromatic carbocycles. The van der Waals surface area contributed by atoms with Gasteiger partial charge in [0.15, 0.2) is 0 Å². The molecule has 0 aliphatic heterocycles. The van der Waals surface area contributed by atoms with Gasteiger partial charge in [-0.3, -0.25) is 4.79 Å². The SMILES string of the molecule is CCCCN(CCCC)C(=S)SSCC(CC(=O)O)SSC(=S)N(CCCC)CCCC.